The van der Waals surface area contributed by atoms with Crippen molar-refractivity contribution in [2.45, 2.75) is 20.3 Å². The van der Waals surface area contributed by atoms with Crippen molar-refractivity contribution in [1.82, 2.24) is 0 Å². The van der Waals surface area contributed by atoms with Crippen LogP contribution in [0.25, 0.3) is 0 Å². The van der Waals surface area contributed by atoms with Crippen LogP contribution in [0.1, 0.15) is 29.3 Å². The van der Waals surface area contributed by atoms with Gasteiger partial charge in [-0.1, -0.05) is 24.6 Å². The number of rotatable bonds is 6. The highest BCUT2D eigenvalue weighted by molar-refractivity contribution is 5.97. The number of benzene rings is 2. The molecule has 3 N–H and O–H groups in total. The van der Waals surface area contributed by atoms with Crippen LogP contribution in [0.4, 0.5) is 11.4 Å². The van der Waals surface area contributed by atoms with Gasteiger partial charge >= 0.3 is 0 Å². The summed E-state index contributed by atoms with van der Waals surface area (Å²) in [5, 5.41) is 2.74. The molecule has 0 spiro atoms. The van der Waals surface area contributed by atoms with Gasteiger partial charge in [0.2, 0.25) is 0 Å². The van der Waals surface area contributed by atoms with Crippen LogP contribution in [0.2, 0.25) is 0 Å². The molecule has 0 aliphatic carbocycles. The molecule has 120 valence electrons. The summed E-state index contributed by atoms with van der Waals surface area (Å²) in [5.74, 6) is 0.124. The zero-order valence-corrected chi connectivity index (χ0v) is 13.3. The number of amides is 1. The molecule has 1 amide bonds. The van der Waals surface area contributed by atoms with Gasteiger partial charge in [0.15, 0.2) is 12.4 Å². The predicted octanol–water partition coefficient (Wildman–Crippen LogP) is 3.19. The number of ether oxygens (including phenoxy) is 1. The first-order valence-electron chi connectivity index (χ1n) is 7.41. The Morgan fingerprint density at radius 3 is 2.43 bits per heavy atom. The van der Waals surface area contributed by atoms with Crippen LogP contribution < -0.4 is 15.8 Å². The first kappa shape index (κ1) is 16.5. The highest BCUT2D eigenvalue weighted by Gasteiger charge is 2.09. The average Bonchev–Trinajstić information content (AvgIpc) is 2.55. The third-order valence-corrected chi connectivity index (χ3v) is 3.35. The zero-order valence-electron chi connectivity index (χ0n) is 13.3. The number of nitrogens with one attached hydrogen (secondary N) is 1. The molecule has 23 heavy (non-hydrogen) atoms. The number of nitrogen functional groups attached to an aromatic ring is 1. The van der Waals surface area contributed by atoms with Gasteiger partial charge in [0.1, 0.15) is 5.75 Å². The van der Waals surface area contributed by atoms with Crippen LogP contribution in [-0.2, 0) is 4.79 Å². The van der Waals surface area contributed by atoms with Gasteiger partial charge in [-0.05, 0) is 37.3 Å². The normalized spacial score (nSPS) is 10.2. The molecule has 0 atom stereocenters. The van der Waals surface area contributed by atoms with E-state index in [1.807, 2.05) is 31.2 Å². The predicted molar refractivity (Wildman–Crippen MR) is 90.8 cm³/mol. The number of aryl methyl sites for hydroxylation is 1. The summed E-state index contributed by atoms with van der Waals surface area (Å²) in [6.07, 6.45) is 0.415. The van der Waals surface area contributed by atoms with Crippen molar-refractivity contribution in [3.8, 4) is 5.75 Å². The van der Waals surface area contributed by atoms with Crippen LogP contribution >= 0.6 is 0 Å². The topological polar surface area (TPSA) is 81.4 Å². The Bertz CT molecular complexity index is 709. The first-order chi connectivity index (χ1) is 11.0. The third-order valence-electron chi connectivity index (χ3n) is 3.35. The maximum atomic E-state index is 11.9. The fraction of sp³-hybridized carbons (Fsp3) is 0.222. The minimum atomic E-state index is -0.276. The van der Waals surface area contributed by atoms with E-state index in [9.17, 15) is 9.59 Å². The number of nitrogens with two attached hydrogens (primary N) is 1. The fourth-order valence-corrected chi connectivity index (χ4v) is 2.03. The van der Waals surface area contributed by atoms with Crippen molar-refractivity contribution in [2.24, 2.45) is 0 Å². The lowest BCUT2D eigenvalue weighted by atomic mass is 10.1. The van der Waals surface area contributed by atoms with Gasteiger partial charge in [-0.15, -0.1) is 0 Å². The molecular formula is C18H20N2O3. The molecule has 0 heterocycles. The van der Waals surface area contributed by atoms with Crippen molar-refractivity contribution in [3.05, 3.63) is 53.6 Å². The van der Waals surface area contributed by atoms with Gasteiger partial charge in [-0.3, -0.25) is 9.59 Å². The van der Waals surface area contributed by atoms with Gasteiger partial charge in [0.25, 0.3) is 5.91 Å². The molecule has 2 aromatic rings. The number of hydrogen-bond acceptors (Lipinski definition) is 4. The summed E-state index contributed by atoms with van der Waals surface area (Å²) < 4.78 is 5.41. The van der Waals surface area contributed by atoms with Crippen LogP contribution in [0.15, 0.2) is 42.5 Å². The zero-order chi connectivity index (χ0) is 16.8. The SMILES string of the molecule is CCC(=O)c1ccc(OCC(=O)Nc2ccc(C)cc2)c(N)c1. The number of carbonyl (C=O) groups excluding carboxylic acids is 2. The van der Waals surface area contributed by atoms with E-state index in [0.717, 1.165) is 5.56 Å². The number of carbonyl (C=O) groups is 2. The van der Waals surface area contributed by atoms with E-state index < -0.39 is 0 Å². The summed E-state index contributed by atoms with van der Waals surface area (Å²) in [5.41, 5.74) is 8.57. The number of Topliss-reactive ketones (excluding diaryl/α,β-unsaturated/α-hetero) is 1. The minimum Gasteiger partial charge on any atom is -0.482 e. The molecule has 0 aliphatic rings. The number of ketones is 1. The summed E-state index contributed by atoms with van der Waals surface area (Å²) in [4.78, 5) is 23.5. The molecule has 0 unspecified atom stereocenters. The largest absolute Gasteiger partial charge is 0.482 e. The monoisotopic (exact) mass is 312 g/mol. The highest BCUT2D eigenvalue weighted by Crippen LogP contribution is 2.23. The average molecular weight is 312 g/mol. The maximum absolute atomic E-state index is 11.9. The highest BCUT2D eigenvalue weighted by atomic mass is 16.5. The molecule has 0 saturated carbocycles. The molecule has 0 radical (unpaired) electrons. The van der Waals surface area contributed by atoms with Crippen LogP contribution in [0, 0.1) is 6.92 Å². The van der Waals surface area contributed by atoms with E-state index in [-0.39, 0.29) is 18.3 Å². The standard InChI is InChI=1S/C18H20N2O3/c1-3-16(21)13-6-9-17(15(19)10-13)23-11-18(22)20-14-7-4-12(2)5-8-14/h4-10H,3,11,19H2,1-2H3,(H,20,22). The van der Waals surface area contributed by atoms with Crippen LogP contribution in [0.3, 0.4) is 0 Å². The Morgan fingerprint density at radius 2 is 1.83 bits per heavy atom. The quantitative estimate of drug-likeness (QED) is 0.634. The lowest BCUT2D eigenvalue weighted by Gasteiger charge is -2.10. The Balaban J connectivity index is 1.93. The second-order valence-electron chi connectivity index (χ2n) is 5.23. The van der Waals surface area contributed by atoms with Crippen molar-refractivity contribution >= 4 is 23.1 Å². The van der Waals surface area contributed by atoms with Gasteiger partial charge in [-0.25, -0.2) is 0 Å². The van der Waals surface area contributed by atoms with Gasteiger partial charge in [-0.2, -0.15) is 0 Å². The van der Waals surface area contributed by atoms with E-state index in [1.54, 1.807) is 25.1 Å². The molecule has 2 rings (SSSR count). The van der Waals surface area contributed by atoms with Crippen molar-refractivity contribution in [3.63, 3.8) is 0 Å². The van der Waals surface area contributed by atoms with Crippen LogP contribution in [0.5, 0.6) is 5.75 Å². The van der Waals surface area contributed by atoms with E-state index in [1.165, 1.54) is 0 Å². The molecule has 0 aromatic heterocycles. The summed E-state index contributed by atoms with van der Waals surface area (Å²) in [6.45, 7) is 3.61. The molecule has 2 aromatic carbocycles. The lowest BCUT2D eigenvalue weighted by Crippen LogP contribution is -2.20. The summed E-state index contributed by atoms with van der Waals surface area (Å²) in [6, 6.07) is 12.3. The summed E-state index contributed by atoms with van der Waals surface area (Å²) in [7, 11) is 0. The fourth-order valence-electron chi connectivity index (χ4n) is 2.03. The molecule has 5 heteroatoms. The Morgan fingerprint density at radius 1 is 1.13 bits per heavy atom. The van der Waals surface area contributed by atoms with Crippen molar-refractivity contribution < 1.29 is 14.3 Å². The lowest BCUT2D eigenvalue weighted by molar-refractivity contribution is -0.118. The Hall–Kier alpha value is -2.82. The maximum Gasteiger partial charge on any atom is 0.262 e. The molecule has 0 aliphatic heterocycles. The Labute approximate surface area is 135 Å². The van der Waals surface area contributed by atoms with E-state index in [2.05, 4.69) is 5.32 Å². The molecule has 0 bridgehead atoms. The van der Waals surface area contributed by atoms with Crippen molar-refractivity contribution in [2.75, 3.05) is 17.7 Å². The molecule has 5 nitrogen and oxygen atoms in total. The van der Waals surface area contributed by atoms with Gasteiger partial charge in [0.05, 0.1) is 5.69 Å². The van der Waals surface area contributed by atoms with Crippen LogP contribution in [-0.4, -0.2) is 18.3 Å². The van der Waals surface area contributed by atoms with Gasteiger partial charge in [0, 0.05) is 17.7 Å². The summed E-state index contributed by atoms with van der Waals surface area (Å²) >= 11 is 0. The Kier molecular flexibility index (Phi) is 5.36. The number of anilines is 2. The van der Waals surface area contributed by atoms with E-state index in [4.69, 9.17) is 10.5 Å². The second-order valence-corrected chi connectivity index (χ2v) is 5.23. The molecule has 0 fully saturated rings. The van der Waals surface area contributed by atoms with Crippen molar-refractivity contribution in [1.29, 1.82) is 0 Å². The smallest absolute Gasteiger partial charge is 0.262 e. The molecule has 0 saturated heterocycles. The minimum absolute atomic E-state index is 0.0142. The van der Waals surface area contributed by atoms with E-state index >= 15 is 0 Å². The van der Waals surface area contributed by atoms with E-state index in [0.29, 0.717) is 29.1 Å². The molecular weight excluding hydrogens is 292 g/mol. The van der Waals surface area contributed by atoms with Gasteiger partial charge < -0.3 is 15.8 Å². The first-order valence-corrected chi connectivity index (χ1v) is 7.41. The second kappa shape index (κ2) is 7.45. The third kappa shape index (κ3) is 4.57. The number of hydrogen-bond donors (Lipinski definition) is 2.